The van der Waals surface area contributed by atoms with Gasteiger partial charge in [-0.25, -0.2) is 21.9 Å². The van der Waals surface area contributed by atoms with Crippen LogP contribution in [0.25, 0.3) is 0 Å². The second-order valence-corrected chi connectivity index (χ2v) is 6.50. The van der Waals surface area contributed by atoms with Gasteiger partial charge in [0.2, 0.25) is 10.0 Å². The number of anilines is 1. The molecule has 0 atom stereocenters. The molecule has 0 spiro atoms. The molecule has 0 fully saturated rings. The minimum Gasteiger partial charge on any atom is -0.385 e. The zero-order valence-corrected chi connectivity index (χ0v) is 11.7. The highest BCUT2D eigenvalue weighted by molar-refractivity contribution is 7.89. The highest BCUT2D eigenvalue weighted by Gasteiger charge is 2.41. The maximum Gasteiger partial charge on any atom is 0.320 e. The van der Waals surface area contributed by atoms with E-state index in [0.717, 1.165) is 24.2 Å². The van der Waals surface area contributed by atoms with Crippen molar-refractivity contribution in [2.24, 2.45) is 0 Å². The second kappa shape index (κ2) is 5.80. The predicted octanol–water partition coefficient (Wildman–Crippen LogP) is 2.22. The summed E-state index contributed by atoms with van der Waals surface area (Å²) < 4.78 is 74.9. The van der Waals surface area contributed by atoms with Crippen molar-refractivity contribution in [2.45, 2.75) is 30.1 Å². The molecule has 0 saturated heterocycles. The molecule has 2 N–H and O–H groups in total. The van der Waals surface area contributed by atoms with Crippen LogP contribution in [-0.2, 0) is 16.4 Å². The van der Waals surface area contributed by atoms with Crippen molar-refractivity contribution in [1.29, 1.82) is 0 Å². The Morgan fingerprint density at radius 2 is 2.05 bits per heavy atom. The number of alkyl halides is 4. The third-order valence-electron chi connectivity index (χ3n) is 3.14. The number of hydrogen-bond acceptors (Lipinski definition) is 3. The van der Waals surface area contributed by atoms with Crippen molar-refractivity contribution in [3.63, 3.8) is 0 Å². The van der Waals surface area contributed by atoms with E-state index in [4.69, 9.17) is 0 Å². The lowest BCUT2D eigenvalue weighted by atomic mass is 10.0. The number of benzene rings is 1. The Morgan fingerprint density at radius 1 is 1.33 bits per heavy atom. The third kappa shape index (κ3) is 3.65. The van der Waals surface area contributed by atoms with Crippen LogP contribution in [0.15, 0.2) is 23.1 Å². The normalized spacial score (nSPS) is 15.7. The topological polar surface area (TPSA) is 58.2 Å². The lowest BCUT2D eigenvalue weighted by molar-refractivity contribution is -0.122. The maximum atomic E-state index is 12.8. The molecule has 2 rings (SSSR count). The minimum absolute atomic E-state index is 0.213. The largest absolute Gasteiger partial charge is 0.385 e. The van der Waals surface area contributed by atoms with E-state index in [-0.39, 0.29) is 4.90 Å². The highest BCUT2D eigenvalue weighted by Crippen LogP contribution is 2.26. The lowest BCUT2D eigenvalue weighted by Crippen LogP contribution is -2.41. The first-order valence-electron chi connectivity index (χ1n) is 6.25. The van der Waals surface area contributed by atoms with Gasteiger partial charge in [-0.1, -0.05) is 0 Å². The van der Waals surface area contributed by atoms with Gasteiger partial charge in [0.25, 0.3) is 0 Å². The van der Waals surface area contributed by atoms with E-state index in [1.165, 1.54) is 22.9 Å². The Hall–Kier alpha value is -1.35. The van der Waals surface area contributed by atoms with Gasteiger partial charge in [-0.15, -0.1) is 0 Å². The fraction of sp³-hybridized carbons (Fsp3) is 0.500. The quantitative estimate of drug-likeness (QED) is 0.816. The van der Waals surface area contributed by atoms with E-state index < -0.39 is 28.9 Å². The molecule has 0 aliphatic carbocycles. The predicted molar refractivity (Wildman–Crippen MR) is 69.4 cm³/mol. The maximum absolute atomic E-state index is 12.8. The van der Waals surface area contributed by atoms with Crippen LogP contribution in [0.4, 0.5) is 23.2 Å². The van der Waals surface area contributed by atoms with Crippen LogP contribution in [0.5, 0.6) is 0 Å². The zero-order chi connectivity index (χ0) is 15.7. The summed E-state index contributed by atoms with van der Waals surface area (Å²) in [6.07, 6.45) is -2.43. The monoisotopic (exact) mass is 326 g/mol. The molecule has 21 heavy (non-hydrogen) atoms. The number of hydrogen-bond donors (Lipinski definition) is 2. The Kier molecular flexibility index (Phi) is 4.43. The summed E-state index contributed by atoms with van der Waals surface area (Å²) in [7, 11) is -4.25. The molecule has 9 heteroatoms. The van der Waals surface area contributed by atoms with E-state index in [2.05, 4.69) is 5.32 Å². The second-order valence-electron chi connectivity index (χ2n) is 4.74. The van der Waals surface area contributed by atoms with Gasteiger partial charge in [-0.2, -0.15) is 8.78 Å². The average molecular weight is 326 g/mol. The average Bonchev–Trinajstić information content (AvgIpc) is 2.45. The molecule has 0 bridgehead atoms. The summed E-state index contributed by atoms with van der Waals surface area (Å²) in [4.78, 5) is -0.213. The van der Waals surface area contributed by atoms with Crippen molar-refractivity contribution < 1.29 is 26.0 Å². The Balaban J connectivity index is 2.16. The first-order chi connectivity index (χ1) is 9.72. The number of sulfonamides is 1. The molecule has 0 unspecified atom stereocenters. The number of rotatable bonds is 5. The minimum atomic E-state index is -4.40. The van der Waals surface area contributed by atoms with Gasteiger partial charge in [0, 0.05) is 12.2 Å². The molecule has 0 aromatic heterocycles. The summed E-state index contributed by atoms with van der Waals surface area (Å²) in [6, 6.07) is 4.15. The SMILES string of the molecule is O=S(=O)(NCC(F)(F)C(F)F)c1ccc2c(c1)CCCN2. The highest BCUT2D eigenvalue weighted by atomic mass is 32.2. The summed E-state index contributed by atoms with van der Waals surface area (Å²) >= 11 is 0. The van der Waals surface area contributed by atoms with Crippen LogP contribution in [0.1, 0.15) is 12.0 Å². The van der Waals surface area contributed by atoms with E-state index in [1.54, 1.807) is 0 Å². The van der Waals surface area contributed by atoms with Crippen LogP contribution >= 0.6 is 0 Å². The van der Waals surface area contributed by atoms with Gasteiger partial charge in [0.05, 0.1) is 11.4 Å². The number of halogens is 4. The molecule has 0 saturated carbocycles. The summed E-state index contributed by atoms with van der Waals surface area (Å²) in [5.74, 6) is -4.40. The first kappa shape index (κ1) is 16.0. The summed E-state index contributed by atoms with van der Waals surface area (Å²) in [5, 5.41) is 3.08. The van der Waals surface area contributed by atoms with Crippen LogP contribution in [-0.4, -0.2) is 33.9 Å². The molecule has 1 aliphatic rings. The molecular weight excluding hydrogens is 312 g/mol. The molecule has 1 aromatic rings. The summed E-state index contributed by atoms with van der Waals surface area (Å²) in [5.41, 5.74) is 1.54. The molecule has 118 valence electrons. The van der Waals surface area contributed by atoms with Crippen molar-refractivity contribution >= 4 is 15.7 Å². The van der Waals surface area contributed by atoms with Gasteiger partial charge in [0.15, 0.2) is 0 Å². The van der Waals surface area contributed by atoms with Crippen molar-refractivity contribution in [3.8, 4) is 0 Å². The number of aryl methyl sites for hydroxylation is 1. The Labute approximate surface area is 119 Å². The van der Waals surface area contributed by atoms with Crippen molar-refractivity contribution in [3.05, 3.63) is 23.8 Å². The van der Waals surface area contributed by atoms with Crippen molar-refractivity contribution in [2.75, 3.05) is 18.4 Å². The van der Waals surface area contributed by atoms with E-state index in [0.29, 0.717) is 6.42 Å². The fourth-order valence-electron chi connectivity index (χ4n) is 1.97. The van der Waals surface area contributed by atoms with Crippen molar-refractivity contribution in [1.82, 2.24) is 4.72 Å². The third-order valence-corrected chi connectivity index (χ3v) is 4.54. The molecular formula is C12H14F4N2O2S. The molecule has 1 aromatic carbocycles. The van der Waals surface area contributed by atoms with Gasteiger partial charge in [0.1, 0.15) is 0 Å². The molecule has 1 heterocycles. The Bertz CT molecular complexity index is 620. The van der Waals surface area contributed by atoms with E-state index >= 15 is 0 Å². The summed E-state index contributed by atoms with van der Waals surface area (Å²) in [6.45, 7) is -0.861. The van der Waals surface area contributed by atoms with E-state index in [9.17, 15) is 26.0 Å². The van der Waals surface area contributed by atoms with Crippen LogP contribution in [0.3, 0.4) is 0 Å². The van der Waals surface area contributed by atoms with Gasteiger partial charge < -0.3 is 5.32 Å². The van der Waals surface area contributed by atoms with Crippen LogP contribution in [0.2, 0.25) is 0 Å². The smallest absolute Gasteiger partial charge is 0.320 e. The first-order valence-corrected chi connectivity index (χ1v) is 7.73. The van der Waals surface area contributed by atoms with E-state index in [1.807, 2.05) is 0 Å². The standard InChI is InChI=1S/C12H14F4N2O2S/c13-11(14)12(15,16)7-18-21(19,20)9-3-4-10-8(6-9)2-1-5-17-10/h3-4,6,11,17-18H,1-2,5,7H2. The van der Waals surface area contributed by atoms with Gasteiger partial charge in [-0.05, 0) is 36.6 Å². The number of fused-ring (bicyclic) bond motifs is 1. The lowest BCUT2D eigenvalue weighted by Gasteiger charge is -2.19. The van der Waals surface area contributed by atoms with Gasteiger partial charge >= 0.3 is 12.3 Å². The molecule has 0 radical (unpaired) electrons. The number of nitrogens with one attached hydrogen (secondary N) is 2. The fourth-order valence-corrected chi connectivity index (χ4v) is 3.06. The Morgan fingerprint density at radius 3 is 2.71 bits per heavy atom. The zero-order valence-electron chi connectivity index (χ0n) is 10.9. The van der Waals surface area contributed by atoms with Crippen LogP contribution < -0.4 is 10.0 Å². The van der Waals surface area contributed by atoms with Gasteiger partial charge in [-0.3, -0.25) is 0 Å². The molecule has 0 amide bonds. The molecule has 1 aliphatic heterocycles. The molecule has 4 nitrogen and oxygen atoms in total. The van der Waals surface area contributed by atoms with Crippen LogP contribution in [0, 0.1) is 0 Å².